The van der Waals surface area contributed by atoms with Crippen molar-refractivity contribution in [1.29, 1.82) is 0 Å². The fourth-order valence-corrected chi connectivity index (χ4v) is 2.33. The topological polar surface area (TPSA) is 60.2 Å². The molecule has 0 radical (unpaired) electrons. The summed E-state index contributed by atoms with van der Waals surface area (Å²) in [6, 6.07) is 1.23. The Morgan fingerprint density at radius 3 is 2.33 bits per heavy atom. The first kappa shape index (κ1) is 15.1. The molecule has 0 atom stereocenters. The molecular formula is C9H4Br2F3NO3. The molecule has 0 aliphatic rings. The van der Waals surface area contributed by atoms with Crippen molar-refractivity contribution in [2.45, 2.75) is 6.18 Å². The maximum Gasteiger partial charge on any atom is 0.417 e. The van der Waals surface area contributed by atoms with Crippen LogP contribution in [-0.2, 0) is 6.18 Å². The number of nitro benzene ring substituents is 1. The van der Waals surface area contributed by atoms with Crippen molar-refractivity contribution in [2.24, 2.45) is 0 Å². The van der Waals surface area contributed by atoms with Gasteiger partial charge in [-0.05, 0) is 22.0 Å². The van der Waals surface area contributed by atoms with E-state index in [4.69, 9.17) is 0 Å². The predicted molar refractivity (Wildman–Crippen MR) is 63.9 cm³/mol. The van der Waals surface area contributed by atoms with Gasteiger partial charge in [0.2, 0.25) is 0 Å². The minimum atomic E-state index is -4.70. The summed E-state index contributed by atoms with van der Waals surface area (Å²) in [7, 11) is 0. The Morgan fingerprint density at radius 1 is 1.39 bits per heavy atom. The van der Waals surface area contributed by atoms with E-state index in [-0.39, 0.29) is 5.33 Å². The monoisotopic (exact) mass is 389 g/mol. The van der Waals surface area contributed by atoms with Gasteiger partial charge < -0.3 is 0 Å². The largest absolute Gasteiger partial charge is 0.417 e. The first-order valence-corrected chi connectivity index (χ1v) is 6.24. The van der Waals surface area contributed by atoms with Crippen LogP contribution in [0.3, 0.4) is 0 Å². The average molecular weight is 391 g/mol. The van der Waals surface area contributed by atoms with Crippen LogP contribution in [0.1, 0.15) is 15.9 Å². The lowest BCUT2D eigenvalue weighted by atomic mass is 10.1. The number of hydrogen-bond acceptors (Lipinski definition) is 3. The van der Waals surface area contributed by atoms with Crippen molar-refractivity contribution < 1.29 is 22.9 Å². The molecule has 0 aromatic heterocycles. The van der Waals surface area contributed by atoms with Crippen LogP contribution >= 0.6 is 31.9 Å². The van der Waals surface area contributed by atoms with Crippen molar-refractivity contribution in [3.05, 3.63) is 37.8 Å². The van der Waals surface area contributed by atoms with Gasteiger partial charge >= 0.3 is 6.18 Å². The number of nitrogens with zero attached hydrogens (tertiary/aromatic N) is 1. The minimum absolute atomic E-state index is 0.312. The molecule has 9 heteroatoms. The van der Waals surface area contributed by atoms with E-state index in [9.17, 15) is 28.1 Å². The molecule has 0 unspecified atom stereocenters. The summed E-state index contributed by atoms with van der Waals surface area (Å²) in [5, 5.41) is 10.4. The predicted octanol–water partition coefficient (Wildman–Crippen LogP) is 3.95. The van der Waals surface area contributed by atoms with Crippen LogP contribution in [0.15, 0.2) is 16.6 Å². The van der Waals surface area contributed by atoms with Crippen molar-refractivity contribution in [2.75, 3.05) is 5.33 Å². The second-order valence-electron chi connectivity index (χ2n) is 3.13. The number of alkyl halides is 4. The van der Waals surface area contributed by atoms with Gasteiger partial charge in [-0.15, -0.1) is 0 Å². The summed E-state index contributed by atoms with van der Waals surface area (Å²) in [6.45, 7) is 0. The zero-order chi connectivity index (χ0) is 14.1. The van der Waals surface area contributed by atoms with Gasteiger partial charge in [0, 0.05) is 10.5 Å². The number of benzene rings is 1. The van der Waals surface area contributed by atoms with E-state index in [1.807, 2.05) is 0 Å². The van der Waals surface area contributed by atoms with E-state index in [1.54, 1.807) is 0 Å². The summed E-state index contributed by atoms with van der Waals surface area (Å²) in [4.78, 5) is 21.3. The molecule has 0 saturated heterocycles. The Balaban J connectivity index is 3.60. The number of carbonyl (C=O) groups is 1. The molecule has 18 heavy (non-hydrogen) atoms. The quantitative estimate of drug-likeness (QED) is 0.340. The van der Waals surface area contributed by atoms with Gasteiger partial charge in [-0.25, -0.2) is 0 Å². The molecule has 0 N–H and O–H groups in total. The van der Waals surface area contributed by atoms with E-state index in [1.165, 1.54) is 0 Å². The van der Waals surface area contributed by atoms with Crippen LogP contribution in [0.2, 0.25) is 0 Å². The highest BCUT2D eigenvalue weighted by Gasteiger charge is 2.37. The average Bonchev–Trinajstić information content (AvgIpc) is 2.25. The number of halogens is 5. The molecule has 1 aromatic carbocycles. The van der Waals surface area contributed by atoms with E-state index < -0.39 is 38.2 Å². The number of Topliss-reactive ketones (excluding diaryl/α,β-unsaturated/α-hetero) is 1. The minimum Gasteiger partial charge on any atom is -0.293 e. The van der Waals surface area contributed by atoms with Gasteiger partial charge in [0.1, 0.15) is 5.56 Å². The Bertz CT molecular complexity index is 517. The first-order chi connectivity index (χ1) is 8.20. The van der Waals surface area contributed by atoms with Crippen molar-refractivity contribution in [1.82, 2.24) is 0 Å². The lowest BCUT2D eigenvalue weighted by Gasteiger charge is -2.11. The molecule has 0 saturated carbocycles. The third kappa shape index (κ3) is 2.89. The summed E-state index contributed by atoms with van der Waals surface area (Å²) < 4.78 is 37.2. The number of nitro groups is 1. The van der Waals surface area contributed by atoms with E-state index >= 15 is 0 Å². The lowest BCUT2D eigenvalue weighted by molar-refractivity contribution is -0.385. The molecule has 1 aromatic rings. The van der Waals surface area contributed by atoms with Gasteiger partial charge in [-0.2, -0.15) is 13.2 Å². The molecule has 0 spiro atoms. The van der Waals surface area contributed by atoms with Crippen molar-refractivity contribution >= 4 is 43.3 Å². The molecule has 98 valence electrons. The summed E-state index contributed by atoms with van der Waals surface area (Å²) in [6.07, 6.45) is -4.70. The normalized spacial score (nSPS) is 11.4. The van der Waals surface area contributed by atoms with Crippen molar-refractivity contribution in [3.63, 3.8) is 0 Å². The third-order valence-corrected chi connectivity index (χ3v) is 3.36. The maximum atomic E-state index is 12.6. The highest BCUT2D eigenvalue weighted by molar-refractivity contribution is 9.10. The molecule has 0 aliphatic carbocycles. The van der Waals surface area contributed by atoms with E-state index in [2.05, 4.69) is 31.9 Å². The van der Waals surface area contributed by atoms with Crippen LogP contribution < -0.4 is 0 Å². The molecule has 0 amide bonds. The van der Waals surface area contributed by atoms with Gasteiger partial charge in [-0.3, -0.25) is 14.9 Å². The molecule has 1 rings (SSSR count). The van der Waals surface area contributed by atoms with Crippen LogP contribution in [0.5, 0.6) is 0 Å². The van der Waals surface area contributed by atoms with Gasteiger partial charge in [0.15, 0.2) is 5.78 Å². The fourth-order valence-electron chi connectivity index (χ4n) is 1.27. The van der Waals surface area contributed by atoms with Gasteiger partial charge in [0.05, 0.1) is 15.8 Å². The number of hydrogen-bond donors (Lipinski definition) is 0. The second-order valence-corrected chi connectivity index (χ2v) is 4.49. The third-order valence-electron chi connectivity index (χ3n) is 2.02. The van der Waals surface area contributed by atoms with Crippen molar-refractivity contribution in [3.8, 4) is 0 Å². The zero-order valence-corrected chi connectivity index (χ0v) is 11.6. The summed E-state index contributed by atoms with van der Waals surface area (Å²) in [5.74, 6) is -0.806. The van der Waals surface area contributed by atoms with E-state index in [0.717, 1.165) is 0 Å². The standard InChI is InChI=1S/C9H4Br2F3NO3/c10-3-6(16)7-5(15(17)18)2-1-4(8(7)11)9(12,13)14/h1-2H,3H2. The molecule has 0 aliphatic heterocycles. The molecule has 0 fully saturated rings. The molecule has 0 heterocycles. The molecule has 0 bridgehead atoms. The summed E-state index contributed by atoms with van der Waals surface area (Å²) in [5.41, 5.74) is -2.39. The molecule has 4 nitrogen and oxygen atoms in total. The fraction of sp³-hybridized carbons (Fsp3) is 0.222. The van der Waals surface area contributed by atoms with Crippen LogP contribution in [-0.4, -0.2) is 16.0 Å². The Kier molecular flexibility index (Phi) is 4.49. The number of rotatable bonds is 3. The van der Waals surface area contributed by atoms with Crippen LogP contribution in [0, 0.1) is 10.1 Å². The van der Waals surface area contributed by atoms with Crippen LogP contribution in [0.25, 0.3) is 0 Å². The number of ketones is 1. The molecular weight excluding hydrogens is 387 g/mol. The summed E-state index contributed by atoms with van der Waals surface area (Å²) >= 11 is 5.38. The second kappa shape index (κ2) is 5.35. The number of carbonyl (C=O) groups excluding carboxylic acids is 1. The lowest BCUT2D eigenvalue weighted by Crippen LogP contribution is -2.12. The zero-order valence-electron chi connectivity index (χ0n) is 8.42. The maximum absolute atomic E-state index is 12.6. The van der Waals surface area contributed by atoms with Crippen LogP contribution in [0.4, 0.5) is 18.9 Å². The highest BCUT2D eigenvalue weighted by atomic mass is 79.9. The highest BCUT2D eigenvalue weighted by Crippen LogP contribution is 2.39. The van der Waals surface area contributed by atoms with Gasteiger partial charge in [-0.1, -0.05) is 15.9 Å². The Labute approximate surface area is 116 Å². The Morgan fingerprint density at radius 2 is 1.94 bits per heavy atom. The van der Waals surface area contributed by atoms with Gasteiger partial charge in [0.25, 0.3) is 5.69 Å². The van der Waals surface area contributed by atoms with E-state index in [0.29, 0.717) is 12.1 Å². The first-order valence-electron chi connectivity index (χ1n) is 4.33. The smallest absolute Gasteiger partial charge is 0.293 e. The Hall–Kier alpha value is -0.960. The SMILES string of the molecule is O=C(CBr)c1c([N+](=O)[O-])ccc(C(F)(F)F)c1Br.